The number of nitrogens with one attached hydrogen (secondary N) is 1. The smallest absolute Gasteiger partial charge is 0.309 e. The predicted molar refractivity (Wildman–Crippen MR) is 145 cm³/mol. The van der Waals surface area contributed by atoms with Gasteiger partial charge in [0.15, 0.2) is 0 Å². The molecule has 4 aromatic carbocycles. The largest absolute Gasteiger partial charge is 0.322 e. The van der Waals surface area contributed by atoms with Crippen molar-refractivity contribution in [3.8, 4) is 0 Å². The first-order chi connectivity index (χ1) is 16.6. The van der Waals surface area contributed by atoms with Crippen molar-refractivity contribution >= 4 is 33.7 Å². The highest BCUT2D eigenvalue weighted by Gasteiger charge is 2.27. The molecule has 0 aromatic heterocycles. The average molecular weight is 511 g/mol. The van der Waals surface area contributed by atoms with E-state index in [1.807, 2.05) is 83.8 Å². The molecule has 0 saturated carbocycles. The minimum atomic E-state index is -0.242. The molecule has 0 heterocycles. The molecule has 0 bridgehead atoms. The van der Waals surface area contributed by atoms with Gasteiger partial charge in [-0.3, -0.25) is 0 Å². The third-order valence-corrected chi connectivity index (χ3v) is 6.00. The monoisotopic (exact) mass is 510 g/mol. The van der Waals surface area contributed by atoms with Crippen LogP contribution in [0.15, 0.2) is 125 Å². The lowest BCUT2D eigenvalue weighted by Gasteiger charge is -2.33. The molecular formula is C30H27BrN2O. The summed E-state index contributed by atoms with van der Waals surface area (Å²) < 4.78 is 0.916. The summed E-state index contributed by atoms with van der Waals surface area (Å²) in [4.78, 5) is 15.7. The minimum absolute atomic E-state index is 0.156. The maximum absolute atomic E-state index is 13.8. The lowest BCUT2D eigenvalue weighted by molar-refractivity contribution is 0.203. The van der Waals surface area contributed by atoms with Gasteiger partial charge in [0.1, 0.15) is 0 Å². The molecule has 0 unspecified atom stereocenters. The summed E-state index contributed by atoms with van der Waals surface area (Å²) in [5.41, 5.74) is 5.07. The number of amides is 2. The number of carbonyl (C=O) groups is 1. The van der Waals surface area contributed by atoms with Crippen molar-refractivity contribution in [3.63, 3.8) is 0 Å². The first-order valence-electron chi connectivity index (χ1n) is 11.3. The van der Waals surface area contributed by atoms with Gasteiger partial charge in [-0.1, -0.05) is 125 Å². The Morgan fingerprint density at radius 3 is 1.94 bits per heavy atom. The zero-order valence-electron chi connectivity index (χ0n) is 19.1. The van der Waals surface area contributed by atoms with Crippen LogP contribution in [0.1, 0.15) is 29.7 Å². The quantitative estimate of drug-likeness (QED) is 0.267. The predicted octanol–water partition coefficient (Wildman–Crippen LogP) is 8.18. The van der Waals surface area contributed by atoms with Crippen molar-refractivity contribution in [2.45, 2.75) is 13.0 Å². The summed E-state index contributed by atoms with van der Waals surface area (Å²) in [6.07, 6.45) is 2.13. The molecule has 4 heteroatoms. The van der Waals surface area contributed by atoms with Gasteiger partial charge in [-0.15, -0.1) is 0 Å². The molecule has 0 aliphatic heterocycles. The van der Waals surface area contributed by atoms with Crippen LogP contribution in [-0.4, -0.2) is 17.5 Å². The molecule has 1 N–H and O–H groups in total. The number of urea groups is 1. The number of rotatable bonds is 7. The third-order valence-electron chi connectivity index (χ3n) is 5.51. The summed E-state index contributed by atoms with van der Waals surface area (Å²) in [6.45, 7) is 2.54. The Balaban J connectivity index is 1.74. The van der Waals surface area contributed by atoms with Crippen molar-refractivity contribution in [2.24, 2.45) is 0 Å². The van der Waals surface area contributed by atoms with E-state index < -0.39 is 0 Å². The van der Waals surface area contributed by atoms with Gasteiger partial charge < -0.3 is 10.2 Å². The van der Waals surface area contributed by atoms with Gasteiger partial charge in [-0.05, 0) is 41.8 Å². The zero-order valence-corrected chi connectivity index (χ0v) is 20.7. The van der Waals surface area contributed by atoms with Crippen molar-refractivity contribution < 1.29 is 4.79 Å². The summed E-state index contributed by atoms with van der Waals surface area (Å²) in [6, 6.07) is 37.8. The van der Waals surface area contributed by atoms with Crippen LogP contribution in [0.4, 0.5) is 10.5 Å². The highest BCUT2D eigenvalue weighted by Crippen LogP contribution is 2.30. The Morgan fingerprint density at radius 1 is 0.824 bits per heavy atom. The molecule has 4 rings (SSSR count). The average Bonchev–Trinajstić information content (AvgIpc) is 2.85. The number of carbonyl (C=O) groups excluding carboxylic acids is 1. The van der Waals surface area contributed by atoms with Crippen LogP contribution in [0, 0.1) is 0 Å². The van der Waals surface area contributed by atoms with E-state index >= 15 is 0 Å². The fourth-order valence-corrected chi connectivity index (χ4v) is 4.41. The van der Waals surface area contributed by atoms with Crippen molar-refractivity contribution in [2.75, 3.05) is 11.9 Å². The van der Waals surface area contributed by atoms with Crippen molar-refractivity contribution in [1.82, 2.24) is 4.90 Å². The molecular weight excluding hydrogens is 484 g/mol. The fraction of sp³-hybridized carbons (Fsp3) is 0.100. The number of halogens is 1. The fourth-order valence-electron chi connectivity index (χ4n) is 4.01. The molecule has 170 valence electrons. The van der Waals surface area contributed by atoms with Crippen LogP contribution in [0.5, 0.6) is 0 Å². The number of benzene rings is 4. The van der Waals surface area contributed by atoms with Gasteiger partial charge in [0.05, 0.1) is 6.04 Å². The van der Waals surface area contributed by atoms with Gasteiger partial charge in [-0.25, -0.2) is 4.79 Å². The maximum atomic E-state index is 13.8. The second-order valence-corrected chi connectivity index (χ2v) is 9.11. The minimum Gasteiger partial charge on any atom is -0.309 e. The SMILES string of the molecule is C/C(=C\c1ccccc1)CN(C(=O)Nc1cccc(Br)c1)C(c1ccccc1)c1ccccc1. The highest BCUT2D eigenvalue weighted by molar-refractivity contribution is 9.10. The van der Waals surface area contributed by atoms with Crippen LogP contribution in [-0.2, 0) is 0 Å². The summed E-state index contributed by atoms with van der Waals surface area (Å²) in [5, 5.41) is 3.10. The molecule has 0 spiro atoms. The second-order valence-electron chi connectivity index (χ2n) is 8.19. The summed E-state index contributed by atoms with van der Waals surface area (Å²) in [5.74, 6) is 0. The van der Waals surface area contributed by atoms with Crippen LogP contribution >= 0.6 is 15.9 Å². The molecule has 0 aliphatic rings. The van der Waals surface area contributed by atoms with E-state index in [0.29, 0.717) is 6.54 Å². The summed E-state index contributed by atoms with van der Waals surface area (Å²) in [7, 11) is 0. The van der Waals surface area contributed by atoms with E-state index in [-0.39, 0.29) is 12.1 Å². The summed E-state index contributed by atoms with van der Waals surface area (Å²) >= 11 is 3.49. The lowest BCUT2D eigenvalue weighted by atomic mass is 9.96. The first-order valence-corrected chi connectivity index (χ1v) is 12.0. The first kappa shape index (κ1) is 23.5. The van der Waals surface area contributed by atoms with E-state index in [4.69, 9.17) is 0 Å². The number of anilines is 1. The Hall–Kier alpha value is -3.63. The Labute approximate surface area is 209 Å². The van der Waals surface area contributed by atoms with E-state index in [0.717, 1.165) is 32.4 Å². The topological polar surface area (TPSA) is 32.3 Å². The molecule has 4 aromatic rings. The van der Waals surface area contributed by atoms with Gasteiger partial charge in [0.25, 0.3) is 0 Å². The van der Waals surface area contributed by atoms with Gasteiger partial charge >= 0.3 is 6.03 Å². The van der Waals surface area contributed by atoms with Gasteiger partial charge in [-0.2, -0.15) is 0 Å². The molecule has 0 aliphatic carbocycles. The van der Waals surface area contributed by atoms with Crippen LogP contribution in [0.25, 0.3) is 6.08 Å². The normalized spacial score (nSPS) is 11.3. The van der Waals surface area contributed by atoms with Crippen LogP contribution in [0.3, 0.4) is 0 Å². The van der Waals surface area contributed by atoms with E-state index in [9.17, 15) is 4.79 Å². The maximum Gasteiger partial charge on any atom is 0.322 e. The highest BCUT2D eigenvalue weighted by atomic mass is 79.9. The Morgan fingerprint density at radius 2 is 1.38 bits per heavy atom. The van der Waals surface area contributed by atoms with E-state index in [1.165, 1.54) is 0 Å². The molecule has 0 atom stereocenters. The third kappa shape index (κ3) is 6.24. The Kier molecular flexibility index (Phi) is 7.95. The van der Waals surface area contributed by atoms with Crippen LogP contribution in [0.2, 0.25) is 0 Å². The number of hydrogen-bond acceptors (Lipinski definition) is 1. The van der Waals surface area contributed by atoms with Crippen molar-refractivity contribution in [1.29, 1.82) is 0 Å². The molecule has 0 saturated heterocycles. The van der Waals surface area contributed by atoms with Gasteiger partial charge in [0.2, 0.25) is 0 Å². The lowest BCUT2D eigenvalue weighted by Crippen LogP contribution is -2.39. The molecule has 34 heavy (non-hydrogen) atoms. The van der Waals surface area contributed by atoms with Crippen LogP contribution < -0.4 is 5.32 Å². The Bertz CT molecular complexity index is 1200. The van der Waals surface area contributed by atoms with E-state index in [2.05, 4.69) is 70.6 Å². The van der Waals surface area contributed by atoms with E-state index in [1.54, 1.807) is 0 Å². The number of nitrogens with zero attached hydrogens (tertiary/aromatic N) is 1. The number of hydrogen-bond donors (Lipinski definition) is 1. The van der Waals surface area contributed by atoms with Crippen molar-refractivity contribution in [3.05, 3.63) is 142 Å². The second kappa shape index (κ2) is 11.5. The molecule has 0 fully saturated rings. The molecule has 0 radical (unpaired) electrons. The molecule has 3 nitrogen and oxygen atoms in total. The zero-order chi connectivity index (χ0) is 23.8. The molecule has 2 amide bonds. The van der Waals surface area contributed by atoms with Gasteiger partial charge in [0, 0.05) is 16.7 Å². The standard InChI is InChI=1S/C30H27BrN2O/c1-23(20-24-12-5-2-6-13-24)22-33(30(34)32-28-19-11-18-27(31)21-28)29(25-14-7-3-8-15-25)26-16-9-4-10-17-26/h2-21,29H,22H2,1H3,(H,32,34)/b23-20+.